The minimum absolute atomic E-state index is 0.694. The Morgan fingerprint density at radius 3 is 2.43 bits per heavy atom. The Balaban J connectivity index is 1.50. The first-order chi connectivity index (χ1) is 13.7. The van der Waals surface area contributed by atoms with Gasteiger partial charge in [-0.15, -0.1) is 0 Å². The molecule has 3 aromatic carbocycles. The number of aryl methyl sites for hydroxylation is 3. The predicted molar refractivity (Wildman–Crippen MR) is 115 cm³/mol. The highest BCUT2D eigenvalue weighted by Gasteiger charge is 2.12. The maximum absolute atomic E-state index is 5.91. The molecule has 3 nitrogen and oxygen atoms in total. The Morgan fingerprint density at radius 1 is 0.857 bits per heavy atom. The smallest absolute Gasteiger partial charge is 0.119 e. The average Bonchev–Trinajstić information content (AvgIpc) is 3.05. The Morgan fingerprint density at radius 2 is 1.61 bits per heavy atom. The van der Waals surface area contributed by atoms with E-state index >= 15 is 0 Å². The first-order valence-corrected chi connectivity index (χ1v) is 9.89. The molecule has 0 radical (unpaired) electrons. The largest absolute Gasteiger partial charge is 0.494 e. The third-order valence-electron chi connectivity index (χ3n) is 5.16. The molecule has 0 atom stereocenters. The molecular weight excluding hydrogens is 344 g/mol. The van der Waals surface area contributed by atoms with Gasteiger partial charge in [-0.25, -0.2) is 4.98 Å². The van der Waals surface area contributed by atoms with Gasteiger partial charge in [-0.1, -0.05) is 54.1 Å². The van der Waals surface area contributed by atoms with Crippen molar-refractivity contribution in [3.05, 3.63) is 95.3 Å². The van der Waals surface area contributed by atoms with Gasteiger partial charge in [0.05, 0.1) is 17.6 Å². The lowest BCUT2D eigenvalue weighted by Gasteiger charge is -2.11. The molecule has 0 aliphatic carbocycles. The van der Waals surface area contributed by atoms with Crippen LogP contribution in [0.3, 0.4) is 0 Å². The number of aromatic nitrogens is 2. The van der Waals surface area contributed by atoms with Crippen LogP contribution in [0, 0.1) is 13.8 Å². The molecule has 1 heterocycles. The lowest BCUT2D eigenvalue weighted by atomic mass is 10.1. The monoisotopic (exact) mass is 370 g/mol. The van der Waals surface area contributed by atoms with Crippen molar-refractivity contribution in [2.75, 3.05) is 6.61 Å². The van der Waals surface area contributed by atoms with E-state index in [4.69, 9.17) is 9.72 Å². The molecule has 142 valence electrons. The second-order valence-electron chi connectivity index (χ2n) is 7.29. The zero-order valence-corrected chi connectivity index (χ0v) is 16.6. The zero-order valence-electron chi connectivity index (χ0n) is 16.6. The van der Waals surface area contributed by atoms with Gasteiger partial charge in [0.2, 0.25) is 0 Å². The fourth-order valence-electron chi connectivity index (χ4n) is 3.54. The van der Waals surface area contributed by atoms with Crippen LogP contribution in [-0.4, -0.2) is 16.2 Å². The topological polar surface area (TPSA) is 27.1 Å². The Kier molecular flexibility index (Phi) is 5.43. The number of para-hydroxylation sites is 2. The van der Waals surface area contributed by atoms with Crippen LogP contribution in [0.25, 0.3) is 11.0 Å². The standard InChI is InChI=1S/C25H26N2O/c1-19-12-14-22(15-13-19)28-17-7-16-27-24-11-6-5-10-23(24)26-25(27)18-21-9-4-3-8-20(21)2/h3-6,8-15H,7,16-18H2,1-2H3. The quantitative estimate of drug-likeness (QED) is 0.389. The fourth-order valence-corrected chi connectivity index (χ4v) is 3.54. The van der Waals surface area contributed by atoms with Crippen LogP contribution in [0.5, 0.6) is 5.75 Å². The summed E-state index contributed by atoms with van der Waals surface area (Å²) in [5.41, 5.74) is 6.14. The molecule has 0 fully saturated rings. The number of hydrogen-bond donors (Lipinski definition) is 0. The average molecular weight is 370 g/mol. The third kappa shape index (κ3) is 4.09. The number of ether oxygens (including phenoxy) is 1. The predicted octanol–water partition coefficient (Wildman–Crippen LogP) is 5.71. The van der Waals surface area contributed by atoms with Gasteiger partial charge >= 0.3 is 0 Å². The molecule has 0 unspecified atom stereocenters. The van der Waals surface area contributed by atoms with E-state index in [1.807, 2.05) is 12.1 Å². The molecule has 4 aromatic rings. The van der Waals surface area contributed by atoms with Crippen LogP contribution in [0.1, 0.15) is 28.9 Å². The van der Waals surface area contributed by atoms with E-state index in [-0.39, 0.29) is 0 Å². The number of nitrogens with zero attached hydrogens (tertiary/aromatic N) is 2. The van der Waals surface area contributed by atoms with Crippen molar-refractivity contribution in [2.45, 2.75) is 33.2 Å². The van der Waals surface area contributed by atoms with Crippen LogP contribution in [0.4, 0.5) is 0 Å². The van der Waals surface area contributed by atoms with Gasteiger partial charge in [0.15, 0.2) is 0 Å². The second-order valence-corrected chi connectivity index (χ2v) is 7.29. The van der Waals surface area contributed by atoms with Crippen LogP contribution in [0.2, 0.25) is 0 Å². The summed E-state index contributed by atoms with van der Waals surface area (Å²) in [6.45, 7) is 5.84. The summed E-state index contributed by atoms with van der Waals surface area (Å²) < 4.78 is 8.26. The molecular formula is C25H26N2O. The molecule has 28 heavy (non-hydrogen) atoms. The third-order valence-corrected chi connectivity index (χ3v) is 5.16. The molecule has 0 amide bonds. The van der Waals surface area contributed by atoms with Gasteiger partial charge in [-0.2, -0.15) is 0 Å². The highest BCUT2D eigenvalue weighted by molar-refractivity contribution is 5.76. The summed E-state index contributed by atoms with van der Waals surface area (Å²) in [4.78, 5) is 4.92. The van der Waals surface area contributed by atoms with Crippen LogP contribution >= 0.6 is 0 Å². The van der Waals surface area contributed by atoms with Crippen molar-refractivity contribution in [3.63, 3.8) is 0 Å². The Hall–Kier alpha value is -3.07. The molecule has 0 N–H and O–H groups in total. The van der Waals surface area contributed by atoms with Gasteiger partial charge in [0.25, 0.3) is 0 Å². The summed E-state index contributed by atoms with van der Waals surface area (Å²) in [5.74, 6) is 2.05. The molecule has 0 saturated carbocycles. The number of imidazole rings is 1. The molecule has 3 heteroatoms. The van der Waals surface area contributed by atoms with Gasteiger partial charge < -0.3 is 9.30 Å². The van der Waals surface area contributed by atoms with Crippen molar-refractivity contribution in [1.82, 2.24) is 9.55 Å². The van der Waals surface area contributed by atoms with E-state index in [0.717, 1.165) is 36.5 Å². The van der Waals surface area contributed by atoms with Gasteiger partial charge in [-0.05, 0) is 55.7 Å². The van der Waals surface area contributed by atoms with Crippen LogP contribution in [0.15, 0.2) is 72.8 Å². The molecule has 0 spiro atoms. The SMILES string of the molecule is Cc1ccc(OCCCn2c(Cc3ccccc3C)nc3ccccc32)cc1. The van der Waals surface area contributed by atoms with Crippen LogP contribution in [-0.2, 0) is 13.0 Å². The van der Waals surface area contributed by atoms with Gasteiger partial charge in [0.1, 0.15) is 11.6 Å². The molecule has 0 aliphatic rings. The molecule has 0 aliphatic heterocycles. The first-order valence-electron chi connectivity index (χ1n) is 9.89. The summed E-state index contributed by atoms with van der Waals surface area (Å²) in [6, 6.07) is 25.2. The highest BCUT2D eigenvalue weighted by Crippen LogP contribution is 2.21. The van der Waals surface area contributed by atoms with E-state index in [2.05, 4.69) is 79.1 Å². The number of hydrogen-bond acceptors (Lipinski definition) is 2. The molecule has 1 aromatic heterocycles. The van der Waals surface area contributed by atoms with Crippen molar-refractivity contribution in [3.8, 4) is 5.75 Å². The minimum atomic E-state index is 0.694. The van der Waals surface area contributed by atoms with Gasteiger partial charge in [-0.3, -0.25) is 0 Å². The highest BCUT2D eigenvalue weighted by atomic mass is 16.5. The van der Waals surface area contributed by atoms with Gasteiger partial charge in [0, 0.05) is 13.0 Å². The summed E-state index contributed by atoms with van der Waals surface area (Å²) in [5, 5.41) is 0. The van der Waals surface area contributed by atoms with Crippen molar-refractivity contribution < 1.29 is 4.74 Å². The van der Waals surface area contributed by atoms with E-state index in [1.165, 1.54) is 22.2 Å². The van der Waals surface area contributed by atoms with E-state index in [0.29, 0.717) is 6.61 Å². The van der Waals surface area contributed by atoms with E-state index < -0.39 is 0 Å². The lowest BCUT2D eigenvalue weighted by molar-refractivity contribution is 0.302. The Labute approximate surface area is 166 Å². The van der Waals surface area contributed by atoms with Crippen molar-refractivity contribution >= 4 is 11.0 Å². The maximum atomic E-state index is 5.91. The number of rotatable bonds is 7. The molecule has 4 rings (SSSR count). The van der Waals surface area contributed by atoms with E-state index in [9.17, 15) is 0 Å². The van der Waals surface area contributed by atoms with Crippen molar-refractivity contribution in [1.29, 1.82) is 0 Å². The number of fused-ring (bicyclic) bond motifs is 1. The lowest BCUT2D eigenvalue weighted by Crippen LogP contribution is -2.09. The minimum Gasteiger partial charge on any atom is -0.494 e. The second kappa shape index (κ2) is 8.30. The molecule has 0 saturated heterocycles. The first kappa shape index (κ1) is 18.3. The summed E-state index contributed by atoms with van der Waals surface area (Å²) in [7, 11) is 0. The fraction of sp³-hybridized carbons (Fsp3) is 0.240. The maximum Gasteiger partial charge on any atom is 0.119 e. The Bertz CT molecular complexity index is 1060. The molecule has 0 bridgehead atoms. The normalized spacial score (nSPS) is 11.1. The summed E-state index contributed by atoms with van der Waals surface area (Å²) in [6.07, 6.45) is 1.79. The van der Waals surface area contributed by atoms with Crippen molar-refractivity contribution in [2.24, 2.45) is 0 Å². The van der Waals surface area contributed by atoms with Crippen LogP contribution < -0.4 is 4.74 Å². The zero-order chi connectivity index (χ0) is 19.3. The number of benzene rings is 3. The van der Waals surface area contributed by atoms with E-state index in [1.54, 1.807) is 0 Å². The summed E-state index contributed by atoms with van der Waals surface area (Å²) >= 11 is 0.